The van der Waals surface area contributed by atoms with E-state index in [1.165, 1.54) is 10.6 Å². The summed E-state index contributed by atoms with van der Waals surface area (Å²) in [7, 11) is -3.61. The number of aromatic nitrogens is 4. The highest BCUT2D eigenvalue weighted by Gasteiger charge is 2.42. The number of nitrogens with zero attached hydrogens (tertiary/aromatic N) is 5. The maximum Gasteiger partial charge on any atom is 0.243 e. The molecule has 2 atom stereocenters. The topological polar surface area (TPSA) is 116 Å². The highest BCUT2D eigenvalue weighted by Crippen LogP contribution is 2.34. The van der Waals surface area contributed by atoms with E-state index in [-0.39, 0.29) is 22.7 Å². The van der Waals surface area contributed by atoms with E-state index in [1.807, 2.05) is 6.92 Å². The summed E-state index contributed by atoms with van der Waals surface area (Å²) in [6.07, 6.45) is 3.91. The second kappa shape index (κ2) is 6.23. The molecule has 28 heavy (non-hydrogen) atoms. The van der Waals surface area contributed by atoms with Gasteiger partial charge in [-0.05, 0) is 31.0 Å². The summed E-state index contributed by atoms with van der Waals surface area (Å²) in [6.45, 7) is 3.56. The first-order valence-electron chi connectivity index (χ1n) is 9.12. The lowest BCUT2D eigenvalue weighted by atomic mass is 10.1. The number of fused-ring (bicyclic) bond motifs is 2. The molecule has 146 valence electrons. The normalized spacial score (nSPS) is 22.8. The lowest BCUT2D eigenvalue weighted by molar-refractivity contribution is 0.107. The number of benzene rings is 1. The summed E-state index contributed by atoms with van der Waals surface area (Å²) in [5.74, 6) is 0.560. The second-order valence-corrected chi connectivity index (χ2v) is 9.22. The maximum absolute atomic E-state index is 13.2. The predicted octanol–water partition coefficient (Wildman–Crippen LogP) is 1.09. The number of hydrogen-bond acceptors (Lipinski definition) is 7. The van der Waals surface area contributed by atoms with E-state index < -0.39 is 10.0 Å². The molecule has 0 amide bonds. The van der Waals surface area contributed by atoms with E-state index >= 15 is 0 Å². The van der Waals surface area contributed by atoms with Gasteiger partial charge in [0.25, 0.3) is 0 Å². The molecule has 0 aliphatic carbocycles. The summed E-state index contributed by atoms with van der Waals surface area (Å²) >= 11 is 0. The van der Waals surface area contributed by atoms with Crippen molar-refractivity contribution in [3.05, 3.63) is 36.3 Å². The highest BCUT2D eigenvalue weighted by atomic mass is 32.2. The fourth-order valence-corrected chi connectivity index (χ4v) is 5.58. The molecule has 0 spiro atoms. The third-order valence-electron chi connectivity index (χ3n) is 5.62. The largest absolute Gasteiger partial charge is 0.381 e. The molecule has 9 nitrogen and oxygen atoms in total. The minimum Gasteiger partial charge on any atom is -0.381 e. The van der Waals surface area contributed by atoms with E-state index in [1.54, 1.807) is 28.9 Å². The zero-order chi connectivity index (χ0) is 19.5. The van der Waals surface area contributed by atoms with Crippen molar-refractivity contribution in [1.29, 1.82) is 0 Å². The zero-order valence-corrected chi connectivity index (χ0v) is 16.1. The molecule has 0 radical (unpaired) electrons. The fourth-order valence-electron chi connectivity index (χ4n) is 4.04. The van der Waals surface area contributed by atoms with Gasteiger partial charge < -0.3 is 10.5 Å². The third kappa shape index (κ3) is 2.60. The number of aryl methyl sites for hydroxylation is 1. The van der Waals surface area contributed by atoms with Crippen molar-refractivity contribution in [1.82, 2.24) is 23.9 Å². The zero-order valence-electron chi connectivity index (χ0n) is 15.3. The molecule has 2 fully saturated rings. The Morgan fingerprint density at radius 1 is 1.25 bits per heavy atom. The molecule has 10 heteroatoms. The molecule has 0 bridgehead atoms. The van der Waals surface area contributed by atoms with Crippen molar-refractivity contribution in [2.24, 2.45) is 5.92 Å². The molecule has 5 rings (SSSR count). The second-order valence-electron chi connectivity index (χ2n) is 7.28. The van der Waals surface area contributed by atoms with Crippen molar-refractivity contribution < 1.29 is 13.2 Å². The number of ether oxygens (including phenoxy) is 1. The van der Waals surface area contributed by atoms with Gasteiger partial charge >= 0.3 is 0 Å². The Labute approximate surface area is 162 Å². The van der Waals surface area contributed by atoms with E-state index in [9.17, 15) is 8.42 Å². The molecule has 2 aromatic heterocycles. The van der Waals surface area contributed by atoms with Crippen molar-refractivity contribution >= 4 is 21.5 Å². The molecule has 0 saturated carbocycles. The van der Waals surface area contributed by atoms with Crippen LogP contribution in [0.3, 0.4) is 0 Å². The lowest BCUT2D eigenvalue weighted by Gasteiger charge is -2.18. The minimum absolute atomic E-state index is 0.0122. The number of nitrogen functional groups attached to an aromatic ring is 1. The Balaban J connectivity index is 1.57. The maximum atomic E-state index is 13.2. The van der Waals surface area contributed by atoms with Crippen LogP contribution in [0.15, 0.2) is 35.6 Å². The number of sulfonamides is 1. The van der Waals surface area contributed by atoms with E-state index in [0.29, 0.717) is 24.4 Å². The Bertz CT molecular complexity index is 1160. The van der Waals surface area contributed by atoms with Crippen LogP contribution in [0.2, 0.25) is 0 Å². The first-order valence-corrected chi connectivity index (χ1v) is 10.6. The number of rotatable bonds is 3. The van der Waals surface area contributed by atoms with Gasteiger partial charge in [0.05, 0.1) is 22.9 Å². The first-order chi connectivity index (χ1) is 13.4. The molecule has 3 aromatic rings. The number of hydrogen-bond donors (Lipinski definition) is 1. The van der Waals surface area contributed by atoms with Gasteiger partial charge in [0, 0.05) is 31.2 Å². The monoisotopic (exact) mass is 400 g/mol. The molecule has 2 saturated heterocycles. The average Bonchev–Trinajstić information content (AvgIpc) is 3.37. The van der Waals surface area contributed by atoms with Gasteiger partial charge in [-0.2, -0.15) is 9.40 Å². The molecule has 2 aliphatic rings. The minimum atomic E-state index is -3.61. The Kier molecular flexibility index (Phi) is 3.90. The summed E-state index contributed by atoms with van der Waals surface area (Å²) in [6, 6.07) is 5.14. The van der Waals surface area contributed by atoms with Crippen molar-refractivity contribution in [2.75, 3.05) is 25.4 Å². The van der Waals surface area contributed by atoms with Gasteiger partial charge in [0.1, 0.15) is 6.33 Å². The van der Waals surface area contributed by atoms with E-state index in [4.69, 9.17) is 10.5 Å². The van der Waals surface area contributed by atoms with Crippen LogP contribution in [-0.2, 0) is 14.8 Å². The Morgan fingerprint density at radius 2 is 2.11 bits per heavy atom. The third-order valence-corrected chi connectivity index (χ3v) is 7.45. The van der Waals surface area contributed by atoms with Crippen LogP contribution in [0, 0.1) is 12.8 Å². The van der Waals surface area contributed by atoms with Gasteiger partial charge in [-0.25, -0.2) is 22.9 Å². The lowest BCUT2D eigenvalue weighted by Crippen LogP contribution is -2.30. The SMILES string of the molecule is Cc1ccc(S(=O)(=O)N2C[C@H]3CCO[C@H]3C2)cc1-c1cnc2c(N)ncnn12. The quantitative estimate of drug-likeness (QED) is 0.700. The molecule has 1 aromatic carbocycles. The van der Waals surface area contributed by atoms with Crippen LogP contribution in [0.25, 0.3) is 16.9 Å². The van der Waals surface area contributed by atoms with Crippen LogP contribution in [-0.4, -0.2) is 58.1 Å². The molecule has 2 aliphatic heterocycles. The van der Waals surface area contributed by atoms with Crippen molar-refractivity contribution in [3.8, 4) is 11.3 Å². The number of imidazole rings is 1. The van der Waals surface area contributed by atoms with Gasteiger partial charge in [-0.3, -0.25) is 0 Å². The molecule has 2 N–H and O–H groups in total. The highest BCUT2D eigenvalue weighted by molar-refractivity contribution is 7.89. The average molecular weight is 400 g/mol. The smallest absolute Gasteiger partial charge is 0.243 e. The first kappa shape index (κ1) is 17.5. The summed E-state index contributed by atoms with van der Waals surface area (Å²) in [5, 5.41) is 4.21. The molecule has 4 heterocycles. The number of nitrogens with two attached hydrogens (primary N) is 1. The van der Waals surface area contributed by atoms with Crippen LogP contribution < -0.4 is 5.73 Å². The summed E-state index contributed by atoms with van der Waals surface area (Å²) in [4.78, 5) is 8.48. The van der Waals surface area contributed by atoms with Crippen molar-refractivity contribution in [3.63, 3.8) is 0 Å². The fraction of sp³-hybridized carbons (Fsp3) is 0.389. The van der Waals surface area contributed by atoms with E-state index in [2.05, 4.69) is 15.1 Å². The standard InChI is InChI=1S/C18H20N6O3S/c1-11-2-3-13(28(25,26)23-8-12-4-5-27-16(12)9-23)6-14(11)15-7-20-18-17(19)21-10-22-24(15)18/h2-3,6-7,10,12,16H,4-5,8-9H2,1H3,(H2,19,21,22)/t12-,16+/m1/s1. The van der Waals surface area contributed by atoms with Gasteiger partial charge in [-0.15, -0.1) is 0 Å². The van der Waals surface area contributed by atoms with Gasteiger partial charge in [0.15, 0.2) is 11.5 Å². The van der Waals surface area contributed by atoms with E-state index in [0.717, 1.165) is 24.2 Å². The van der Waals surface area contributed by atoms with Gasteiger partial charge in [-0.1, -0.05) is 6.07 Å². The number of anilines is 1. The Hall–Kier alpha value is -2.56. The van der Waals surface area contributed by atoms with Gasteiger partial charge in [0.2, 0.25) is 10.0 Å². The van der Waals surface area contributed by atoms with Crippen molar-refractivity contribution in [2.45, 2.75) is 24.3 Å². The van der Waals surface area contributed by atoms with Crippen LogP contribution in [0.1, 0.15) is 12.0 Å². The summed E-state index contributed by atoms with van der Waals surface area (Å²) in [5.41, 5.74) is 8.62. The Morgan fingerprint density at radius 3 is 2.93 bits per heavy atom. The molecule has 0 unspecified atom stereocenters. The van der Waals surface area contributed by atoms with Crippen LogP contribution >= 0.6 is 0 Å². The summed E-state index contributed by atoms with van der Waals surface area (Å²) < 4.78 is 35.2. The predicted molar refractivity (Wildman–Crippen MR) is 102 cm³/mol. The van der Waals surface area contributed by atoms with Crippen LogP contribution in [0.4, 0.5) is 5.82 Å². The van der Waals surface area contributed by atoms with Crippen LogP contribution in [0.5, 0.6) is 0 Å². The molecular formula is C18H20N6O3S. The molecular weight excluding hydrogens is 380 g/mol.